The number of hydrogen-bond donors (Lipinski definition) is 3. The molecular weight excluding hydrogens is 354 g/mol. The average Bonchev–Trinajstić information content (AvgIpc) is 3.25. The van der Waals surface area contributed by atoms with E-state index in [1.807, 2.05) is 0 Å². The van der Waals surface area contributed by atoms with Crippen LogP contribution in [0, 0.1) is 6.92 Å². The van der Waals surface area contributed by atoms with Gasteiger partial charge in [0.05, 0.1) is 6.42 Å². The maximum atomic E-state index is 12.0. The Kier molecular flexibility index (Phi) is 5.45. The van der Waals surface area contributed by atoms with E-state index in [9.17, 15) is 14.7 Å². The van der Waals surface area contributed by atoms with Crippen LogP contribution in [0.1, 0.15) is 27.8 Å². The molecule has 10 heteroatoms. The summed E-state index contributed by atoms with van der Waals surface area (Å²) in [5, 5.41) is 21.7. The molecule has 0 spiro atoms. The summed E-state index contributed by atoms with van der Waals surface area (Å²) in [4.78, 5) is 27.8. The molecule has 0 saturated heterocycles. The predicted octanol–water partition coefficient (Wildman–Crippen LogP) is 1.23. The monoisotopic (exact) mass is 371 g/mol. The van der Waals surface area contributed by atoms with Gasteiger partial charge in [-0.2, -0.15) is 4.98 Å². The normalized spacial score (nSPS) is 10.6. The molecule has 0 unspecified atom stereocenters. The van der Waals surface area contributed by atoms with E-state index >= 15 is 0 Å². The molecule has 3 aromatic rings. The van der Waals surface area contributed by atoms with Gasteiger partial charge in [0, 0.05) is 12.6 Å². The van der Waals surface area contributed by atoms with Gasteiger partial charge in [-0.1, -0.05) is 22.4 Å². The average molecular weight is 371 g/mol. The molecule has 0 aliphatic heterocycles. The highest BCUT2D eigenvalue weighted by Gasteiger charge is 2.17. The van der Waals surface area contributed by atoms with Gasteiger partial charge in [0.2, 0.25) is 5.91 Å². The molecule has 0 radical (unpaired) electrons. The Balaban J connectivity index is 1.46. The van der Waals surface area contributed by atoms with Crippen molar-refractivity contribution in [1.29, 1.82) is 0 Å². The second-order valence-electron chi connectivity index (χ2n) is 5.74. The van der Waals surface area contributed by atoms with Gasteiger partial charge < -0.3 is 24.8 Å². The molecular formula is C17H17N5O5. The molecule has 0 saturated carbocycles. The molecule has 0 aliphatic rings. The summed E-state index contributed by atoms with van der Waals surface area (Å²) in [6, 6.07) is 8.25. The molecule has 2 heterocycles. The van der Waals surface area contributed by atoms with Crippen LogP contribution in [0.5, 0.6) is 5.75 Å². The van der Waals surface area contributed by atoms with Crippen molar-refractivity contribution >= 4 is 17.6 Å². The van der Waals surface area contributed by atoms with Crippen LogP contribution in [0.2, 0.25) is 0 Å². The number of phenolic OH excluding ortho intramolecular Hbond substituents is 1. The summed E-state index contributed by atoms with van der Waals surface area (Å²) >= 11 is 0. The summed E-state index contributed by atoms with van der Waals surface area (Å²) in [7, 11) is 0. The fraction of sp³-hybridized carbons (Fsp3) is 0.235. The quantitative estimate of drug-likeness (QED) is 0.562. The SMILES string of the molecule is Cc1cc(NC(=O)Cc2noc(C(=O)NCCc3ccc(O)cc3)n2)no1. The highest BCUT2D eigenvalue weighted by atomic mass is 16.5. The van der Waals surface area contributed by atoms with E-state index in [4.69, 9.17) is 9.05 Å². The third-order valence-electron chi connectivity index (χ3n) is 3.51. The molecule has 0 aliphatic carbocycles. The zero-order valence-corrected chi connectivity index (χ0v) is 14.4. The van der Waals surface area contributed by atoms with Crippen LogP contribution in [0.3, 0.4) is 0 Å². The largest absolute Gasteiger partial charge is 0.508 e. The lowest BCUT2D eigenvalue weighted by atomic mass is 10.1. The number of carbonyl (C=O) groups is 2. The standard InChI is InChI=1S/C17H17N5O5/c1-10-8-13(21-26-10)19-15(24)9-14-20-17(27-22-14)16(25)18-7-6-11-2-4-12(23)5-3-11/h2-5,8,23H,6-7,9H2,1H3,(H,18,25)(H,19,21,24). The van der Waals surface area contributed by atoms with Crippen LogP contribution in [0.25, 0.3) is 0 Å². The minimum atomic E-state index is -0.528. The molecule has 2 aromatic heterocycles. The van der Waals surface area contributed by atoms with E-state index in [1.165, 1.54) is 0 Å². The van der Waals surface area contributed by atoms with Gasteiger partial charge in [-0.3, -0.25) is 9.59 Å². The third-order valence-corrected chi connectivity index (χ3v) is 3.51. The van der Waals surface area contributed by atoms with E-state index in [-0.39, 0.29) is 29.7 Å². The summed E-state index contributed by atoms with van der Waals surface area (Å²) in [5.74, 6) is -0.0474. The summed E-state index contributed by atoms with van der Waals surface area (Å²) in [6.07, 6.45) is 0.405. The zero-order chi connectivity index (χ0) is 19.2. The van der Waals surface area contributed by atoms with Gasteiger partial charge in [0.1, 0.15) is 11.5 Å². The Morgan fingerprint density at radius 2 is 1.93 bits per heavy atom. The summed E-state index contributed by atoms with van der Waals surface area (Å²) < 4.78 is 9.73. The molecule has 1 aromatic carbocycles. The number of nitrogens with one attached hydrogen (secondary N) is 2. The number of nitrogens with zero attached hydrogens (tertiary/aromatic N) is 3. The lowest BCUT2D eigenvalue weighted by Gasteiger charge is -2.02. The summed E-state index contributed by atoms with van der Waals surface area (Å²) in [6.45, 7) is 2.06. The van der Waals surface area contributed by atoms with Crippen molar-refractivity contribution in [2.24, 2.45) is 0 Å². The smallest absolute Gasteiger partial charge is 0.315 e. The number of amides is 2. The van der Waals surface area contributed by atoms with Crippen LogP contribution in [0.4, 0.5) is 5.82 Å². The number of anilines is 1. The minimum absolute atomic E-state index is 0.0800. The van der Waals surface area contributed by atoms with Gasteiger partial charge in [-0.15, -0.1) is 0 Å². The fourth-order valence-corrected chi connectivity index (χ4v) is 2.23. The first-order chi connectivity index (χ1) is 13.0. The number of rotatable bonds is 7. The first-order valence-electron chi connectivity index (χ1n) is 8.11. The number of hydrogen-bond acceptors (Lipinski definition) is 8. The Labute approximate surface area is 153 Å². The Bertz CT molecular complexity index is 931. The van der Waals surface area contributed by atoms with Gasteiger partial charge in [0.25, 0.3) is 0 Å². The van der Waals surface area contributed by atoms with Crippen molar-refractivity contribution in [1.82, 2.24) is 20.6 Å². The van der Waals surface area contributed by atoms with Crippen molar-refractivity contribution < 1.29 is 23.7 Å². The first-order valence-corrected chi connectivity index (χ1v) is 8.11. The first kappa shape index (κ1) is 18.1. The highest BCUT2D eigenvalue weighted by molar-refractivity contribution is 5.91. The number of benzene rings is 1. The number of aryl methyl sites for hydroxylation is 1. The highest BCUT2D eigenvalue weighted by Crippen LogP contribution is 2.10. The van der Waals surface area contributed by atoms with E-state index in [0.29, 0.717) is 18.7 Å². The molecule has 3 rings (SSSR count). The predicted molar refractivity (Wildman–Crippen MR) is 92.0 cm³/mol. The molecule has 27 heavy (non-hydrogen) atoms. The van der Waals surface area contributed by atoms with Gasteiger partial charge in [-0.25, -0.2) is 0 Å². The van der Waals surface area contributed by atoms with Gasteiger partial charge in [-0.05, 0) is 31.0 Å². The van der Waals surface area contributed by atoms with Crippen molar-refractivity contribution in [2.45, 2.75) is 19.8 Å². The Morgan fingerprint density at radius 1 is 1.15 bits per heavy atom. The van der Waals surface area contributed by atoms with Crippen LogP contribution < -0.4 is 10.6 Å². The molecule has 0 bridgehead atoms. The number of aromatic hydroxyl groups is 1. The molecule has 0 fully saturated rings. The van der Waals surface area contributed by atoms with Crippen LogP contribution in [-0.4, -0.2) is 38.8 Å². The van der Waals surface area contributed by atoms with E-state index in [2.05, 4.69) is 25.9 Å². The zero-order valence-electron chi connectivity index (χ0n) is 14.4. The molecule has 3 N–H and O–H groups in total. The van der Waals surface area contributed by atoms with Crippen molar-refractivity contribution in [2.75, 3.05) is 11.9 Å². The maximum absolute atomic E-state index is 12.0. The van der Waals surface area contributed by atoms with Crippen LogP contribution in [-0.2, 0) is 17.6 Å². The molecule has 10 nitrogen and oxygen atoms in total. The molecule has 2 amide bonds. The van der Waals surface area contributed by atoms with E-state index in [0.717, 1.165) is 5.56 Å². The number of aromatic nitrogens is 3. The Hall–Kier alpha value is -3.69. The lowest BCUT2D eigenvalue weighted by Crippen LogP contribution is -2.26. The van der Waals surface area contributed by atoms with Crippen LogP contribution in [0.15, 0.2) is 39.4 Å². The van der Waals surface area contributed by atoms with Crippen LogP contribution >= 0.6 is 0 Å². The van der Waals surface area contributed by atoms with Crippen molar-refractivity contribution in [3.63, 3.8) is 0 Å². The number of carbonyl (C=O) groups excluding carboxylic acids is 2. The van der Waals surface area contributed by atoms with E-state index in [1.54, 1.807) is 37.3 Å². The number of phenols is 1. The molecule has 140 valence electrons. The second-order valence-corrected chi connectivity index (χ2v) is 5.74. The fourth-order valence-electron chi connectivity index (χ4n) is 2.23. The maximum Gasteiger partial charge on any atom is 0.315 e. The third kappa shape index (κ3) is 5.14. The second kappa shape index (κ2) is 8.13. The van der Waals surface area contributed by atoms with E-state index < -0.39 is 11.8 Å². The van der Waals surface area contributed by atoms with Crippen molar-refractivity contribution in [3.8, 4) is 5.75 Å². The van der Waals surface area contributed by atoms with Crippen molar-refractivity contribution in [3.05, 3.63) is 53.4 Å². The van der Waals surface area contributed by atoms with Gasteiger partial charge in [0.15, 0.2) is 11.6 Å². The minimum Gasteiger partial charge on any atom is -0.508 e. The summed E-state index contributed by atoms with van der Waals surface area (Å²) in [5.41, 5.74) is 0.957. The Morgan fingerprint density at radius 3 is 2.63 bits per heavy atom. The van der Waals surface area contributed by atoms with Gasteiger partial charge >= 0.3 is 11.8 Å². The topological polar surface area (TPSA) is 143 Å². The molecule has 0 atom stereocenters. The lowest BCUT2D eigenvalue weighted by molar-refractivity contribution is -0.115.